The summed E-state index contributed by atoms with van der Waals surface area (Å²) in [5, 5.41) is 0. The molecule has 1 unspecified atom stereocenters. The van der Waals surface area contributed by atoms with Crippen LogP contribution in [-0.4, -0.2) is 51.3 Å². The van der Waals surface area contributed by atoms with E-state index in [1.54, 1.807) is 9.80 Å². The van der Waals surface area contributed by atoms with E-state index in [4.69, 9.17) is 5.73 Å². The first-order valence-corrected chi connectivity index (χ1v) is 8.47. The lowest BCUT2D eigenvalue weighted by atomic mass is 9.77. The Labute approximate surface area is 134 Å². The number of carbonyl (C=O) groups excluding carboxylic acids is 2. The lowest BCUT2D eigenvalue weighted by Crippen LogP contribution is -2.67. The number of hydrogen-bond acceptors (Lipinski definition) is 3. The molecule has 0 bridgehead atoms. The van der Waals surface area contributed by atoms with E-state index >= 15 is 0 Å². The van der Waals surface area contributed by atoms with Crippen LogP contribution in [0.3, 0.4) is 0 Å². The number of rotatable bonds is 0. The molecule has 0 aromatic carbocycles. The molecule has 2 heterocycles. The number of nitrogens with zero attached hydrogens (tertiary/aromatic N) is 2. The monoisotopic (exact) mass is 309 g/mol. The van der Waals surface area contributed by atoms with E-state index in [9.17, 15) is 9.59 Å². The average Bonchev–Trinajstić information content (AvgIpc) is 2.34. The first-order chi connectivity index (χ1) is 10.1. The van der Waals surface area contributed by atoms with Crippen molar-refractivity contribution in [3.05, 3.63) is 0 Å². The van der Waals surface area contributed by atoms with Gasteiger partial charge in [-0.25, -0.2) is 0 Å². The zero-order chi connectivity index (χ0) is 16.7. The highest BCUT2D eigenvalue weighted by molar-refractivity contribution is 6.35. The fraction of sp³-hybridized carbons (Fsp3) is 0.882. The van der Waals surface area contributed by atoms with Gasteiger partial charge in [-0.1, -0.05) is 0 Å². The van der Waals surface area contributed by atoms with E-state index in [1.807, 2.05) is 34.6 Å². The zero-order valence-corrected chi connectivity index (χ0v) is 14.7. The molecule has 2 rings (SSSR count). The van der Waals surface area contributed by atoms with E-state index in [-0.39, 0.29) is 23.9 Å². The lowest BCUT2D eigenvalue weighted by Gasteiger charge is -2.54. The van der Waals surface area contributed by atoms with E-state index in [0.717, 1.165) is 32.1 Å². The van der Waals surface area contributed by atoms with Gasteiger partial charge in [0.15, 0.2) is 0 Å². The second-order valence-electron chi connectivity index (χ2n) is 8.28. The predicted octanol–water partition coefficient (Wildman–Crippen LogP) is 1.89. The summed E-state index contributed by atoms with van der Waals surface area (Å²) in [6, 6.07) is 0.224. The molecular formula is C17H31N3O2. The van der Waals surface area contributed by atoms with Crippen LogP contribution in [0.2, 0.25) is 0 Å². The Bertz CT molecular complexity index is 441. The molecule has 0 spiro atoms. The van der Waals surface area contributed by atoms with Gasteiger partial charge in [-0.05, 0) is 66.7 Å². The summed E-state index contributed by atoms with van der Waals surface area (Å²) in [4.78, 5) is 29.3. The van der Waals surface area contributed by atoms with Crippen LogP contribution in [0.25, 0.3) is 0 Å². The van der Waals surface area contributed by atoms with Crippen molar-refractivity contribution in [1.82, 2.24) is 9.80 Å². The van der Waals surface area contributed by atoms with Crippen LogP contribution >= 0.6 is 0 Å². The minimum atomic E-state index is -0.396. The molecule has 0 aromatic rings. The minimum Gasteiger partial charge on any atom is -0.332 e. The fourth-order valence-electron chi connectivity index (χ4n) is 4.53. The third-order valence-electron chi connectivity index (χ3n) is 5.18. The van der Waals surface area contributed by atoms with Gasteiger partial charge in [-0.15, -0.1) is 0 Å². The third-order valence-corrected chi connectivity index (χ3v) is 5.18. The van der Waals surface area contributed by atoms with Crippen LogP contribution in [0.5, 0.6) is 0 Å². The fourth-order valence-corrected chi connectivity index (χ4v) is 4.53. The Hall–Kier alpha value is -1.10. The van der Waals surface area contributed by atoms with Crippen molar-refractivity contribution in [2.45, 2.75) is 89.9 Å². The normalized spacial score (nSPS) is 28.5. The molecule has 0 aromatic heterocycles. The van der Waals surface area contributed by atoms with Crippen molar-refractivity contribution in [1.29, 1.82) is 0 Å². The molecular weight excluding hydrogens is 278 g/mol. The molecule has 0 aliphatic carbocycles. The molecule has 0 radical (unpaired) electrons. The predicted molar refractivity (Wildman–Crippen MR) is 87.2 cm³/mol. The summed E-state index contributed by atoms with van der Waals surface area (Å²) >= 11 is 0. The molecule has 5 heteroatoms. The molecule has 2 saturated heterocycles. The molecule has 2 aliphatic heterocycles. The van der Waals surface area contributed by atoms with Gasteiger partial charge in [0.2, 0.25) is 0 Å². The summed E-state index contributed by atoms with van der Waals surface area (Å²) in [5.74, 6) is -0.709. The van der Waals surface area contributed by atoms with Gasteiger partial charge in [-0.2, -0.15) is 0 Å². The van der Waals surface area contributed by atoms with E-state index in [1.165, 1.54) is 0 Å². The molecule has 126 valence electrons. The second kappa shape index (κ2) is 5.84. The third kappa shape index (κ3) is 3.14. The Morgan fingerprint density at radius 2 is 1.55 bits per heavy atom. The molecule has 22 heavy (non-hydrogen) atoms. The Morgan fingerprint density at radius 1 is 1.00 bits per heavy atom. The molecule has 0 saturated carbocycles. The SMILES string of the molecule is CC1CCCCN1C(=O)C(=O)N1C(C)(C)CC(N)CC1(C)C. The number of carbonyl (C=O) groups is 2. The highest BCUT2D eigenvalue weighted by Gasteiger charge is 2.49. The molecule has 2 amide bonds. The number of amides is 2. The first kappa shape index (κ1) is 17.3. The second-order valence-corrected chi connectivity index (χ2v) is 8.28. The zero-order valence-electron chi connectivity index (χ0n) is 14.7. The maximum atomic E-state index is 13.0. The molecule has 2 aliphatic rings. The standard InChI is InChI=1S/C17H31N3O2/c1-12-8-6-7-9-19(12)14(21)15(22)20-16(2,3)10-13(18)11-17(20,4)5/h12-13H,6-11,18H2,1-5H3. The van der Waals surface area contributed by atoms with E-state index in [2.05, 4.69) is 0 Å². The molecule has 2 fully saturated rings. The summed E-state index contributed by atoms with van der Waals surface area (Å²) < 4.78 is 0. The Morgan fingerprint density at radius 3 is 2.05 bits per heavy atom. The van der Waals surface area contributed by atoms with Crippen LogP contribution in [0, 0.1) is 0 Å². The summed E-state index contributed by atoms with van der Waals surface area (Å²) in [5.41, 5.74) is 5.36. The van der Waals surface area contributed by atoms with Gasteiger partial charge in [0.1, 0.15) is 0 Å². The van der Waals surface area contributed by atoms with Gasteiger partial charge in [-0.3, -0.25) is 9.59 Å². The topological polar surface area (TPSA) is 66.6 Å². The van der Waals surface area contributed by atoms with Gasteiger partial charge in [0.25, 0.3) is 0 Å². The van der Waals surface area contributed by atoms with Crippen LogP contribution in [0.15, 0.2) is 0 Å². The maximum Gasteiger partial charge on any atom is 0.312 e. The quantitative estimate of drug-likeness (QED) is 0.695. The van der Waals surface area contributed by atoms with E-state index < -0.39 is 11.1 Å². The highest BCUT2D eigenvalue weighted by Crippen LogP contribution is 2.38. The maximum absolute atomic E-state index is 13.0. The van der Waals surface area contributed by atoms with E-state index in [0.29, 0.717) is 6.54 Å². The Kier molecular flexibility index (Phi) is 4.58. The summed E-state index contributed by atoms with van der Waals surface area (Å²) in [6.45, 7) is 10.8. The first-order valence-electron chi connectivity index (χ1n) is 8.47. The Balaban J connectivity index is 2.24. The van der Waals surface area contributed by atoms with Gasteiger partial charge < -0.3 is 15.5 Å². The van der Waals surface area contributed by atoms with Crippen LogP contribution in [-0.2, 0) is 9.59 Å². The van der Waals surface area contributed by atoms with Crippen molar-refractivity contribution < 1.29 is 9.59 Å². The summed E-state index contributed by atoms with van der Waals surface area (Å²) in [7, 11) is 0. The number of hydrogen-bond donors (Lipinski definition) is 1. The number of nitrogens with two attached hydrogens (primary N) is 1. The van der Waals surface area contributed by atoms with Gasteiger partial charge in [0.05, 0.1) is 0 Å². The van der Waals surface area contributed by atoms with Crippen LogP contribution in [0.1, 0.15) is 66.7 Å². The number of likely N-dealkylation sites (tertiary alicyclic amines) is 2. The van der Waals surface area contributed by atoms with Crippen molar-refractivity contribution in [2.75, 3.05) is 6.54 Å². The van der Waals surface area contributed by atoms with Crippen molar-refractivity contribution in [2.24, 2.45) is 5.73 Å². The van der Waals surface area contributed by atoms with Gasteiger partial charge in [0, 0.05) is 29.7 Å². The largest absolute Gasteiger partial charge is 0.332 e. The molecule has 5 nitrogen and oxygen atoms in total. The summed E-state index contributed by atoms with van der Waals surface area (Å²) in [6.07, 6.45) is 4.56. The lowest BCUT2D eigenvalue weighted by molar-refractivity contribution is -0.165. The van der Waals surface area contributed by atoms with Gasteiger partial charge >= 0.3 is 11.8 Å². The van der Waals surface area contributed by atoms with Crippen molar-refractivity contribution in [3.8, 4) is 0 Å². The van der Waals surface area contributed by atoms with Crippen molar-refractivity contribution >= 4 is 11.8 Å². The van der Waals surface area contributed by atoms with Crippen LogP contribution < -0.4 is 5.73 Å². The average molecular weight is 309 g/mol. The number of piperidine rings is 2. The van der Waals surface area contributed by atoms with Crippen LogP contribution in [0.4, 0.5) is 0 Å². The van der Waals surface area contributed by atoms with Crippen molar-refractivity contribution in [3.63, 3.8) is 0 Å². The smallest absolute Gasteiger partial charge is 0.312 e. The molecule has 2 N–H and O–H groups in total. The minimum absolute atomic E-state index is 0.0677. The molecule has 1 atom stereocenters. The highest BCUT2D eigenvalue weighted by atomic mass is 16.2.